The van der Waals surface area contributed by atoms with Gasteiger partial charge in [-0.3, -0.25) is 9.67 Å². The molecule has 1 N–H and O–H groups in total. The molecule has 1 aliphatic rings. The summed E-state index contributed by atoms with van der Waals surface area (Å²) in [6.07, 6.45) is 5.71. The fraction of sp³-hybridized carbons (Fsp3) is 0.300. The van der Waals surface area contributed by atoms with E-state index in [0.29, 0.717) is 16.9 Å². The second-order valence-corrected chi connectivity index (χ2v) is 6.84. The number of ether oxygens (including phenoxy) is 1. The molecule has 1 fully saturated rings. The Bertz CT molecular complexity index is 871. The molecule has 0 amide bonds. The molecular formula is C20H21ClN4O. The highest BCUT2D eigenvalue weighted by atomic mass is 35.5. The first-order valence-electron chi connectivity index (χ1n) is 8.81. The SMILES string of the molecule is COc1nn(C2CCNCC2)c(-c2ccncc2)c1-c1ccc(Cl)cc1. The lowest BCUT2D eigenvalue weighted by molar-refractivity contribution is 0.329. The fourth-order valence-corrected chi connectivity index (χ4v) is 3.66. The number of halogens is 1. The van der Waals surface area contributed by atoms with E-state index in [1.54, 1.807) is 7.11 Å². The van der Waals surface area contributed by atoms with Gasteiger partial charge in [0, 0.05) is 23.0 Å². The van der Waals surface area contributed by atoms with E-state index < -0.39 is 0 Å². The Morgan fingerprint density at radius 2 is 1.73 bits per heavy atom. The summed E-state index contributed by atoms with van der Waals surface area (Å²) < 4.78 is 7.81. The summed E-state index contributed by atoms with van der Waals surface area (Å²) in [7, 11) is 1.67. The summed E-state index contributed by atoms with van der Waals surface area (Å²) in [4.78, 5) is 4.17. The van der Waals surface area contributed by atoms with Crippen molar-refractivity contribution in [2.75, 3.05) is 20.2 Å². The van der Waals surface area contributed by atoms with Gasteiger partial charge in [0.2, 0.25) is 5.88 Å². The van der Waals surface area contributed by atoms with Crippen molar-refractivity contribution in [3.05, 3.63) is 53.8 Å². The molecule has 5 nitrogen and oxygen atoms in total. The smallest absolute Gasteiger partial charge is 0.241 e. The molecule has 26 heavy (non-hydrogen) atoms. The van der Waals surface area contributed by atoms with Crippen molar-refractivity contribution in [1.29, 1.82) is 0 Å². The minimum atomic E-state index is 0.342. The Hall–Kier alpha value is -2.37. The molecule has 3 heterocycles. The molecule has 1 aromatic carbocycles. The normalized spacial score (nSPS) is 15.2. The lowest BCUT2D eigenvalue weighted by Crippen LogP contribution is -2.30. The monoisotopic (exact) mass is 368 g/mol. The van der Waals surface area contributed by atoms with Gasteiger partial charge in [0.25, 0.3) is 0 Å². The predicted molar refractivity (Wildman–Crippen MR) is 104 cm³/mol. The molecule has 0 radical (unpaired) electrons. The maximum absolute atomic E-state index is 6.09. The average Bonchev–Trinajstić information content (AvgIpc) is 3.09. The van der Waals surface area contributed by atoms with Crippen LogP contribution >= 0.6 is 11.6 Å². The molecule has 1 saturated heterocycles. The topological polar surface area (TPSA) is 52.0 Å². The molecule has 0 aliphatic carbocycles. The Labute approximate surface area is 158 Å². The molecule has 6 heteroatoms. The molecule has 0 saturated carbocycles. The number of rotatable bonds is 4. The van der Waals surface area contributed by atoms with Crippen LogP contribution in [0.2, 0.25) is 5.02 Å². The third-order valence-corrected chi connectivity index (χ3v) is 5.06. The summed E-state index contributed by atoms with van der Waals surface area (Å²) in [5.74, 6) is 0.637. The number of pyridine rings is 1. The Morgan fingerprint density at radius 1 is 1.04 bits per heavy atom. The lowest BCUT2D eigenvalue weighted by atomic mass is 10.00. The number of nitrogens with one attached hydrogen (secondary N) is 1. The largest absolute Gasteiger partial charge is 0.479 e. The molecule has 2 aromatic heterocycles. The second kappa shape index (κ2) is 7.48. The van der Waals surface area contributed by atoms with Crippen LogP contribution in [0.4, 0.5) is 0 Å². The molecule has 4 rings (SSSR count). The molecule has 0 unspecified atom stereocenters. The Morgan fingerprint density at radius 3 is 2.38 bits per heavy atom. The standard InChI is InChI=1S/C20H21ClN4O/c1-26-20-18(14-2-4-16(21)5-3-14)19(15-6-10-22-11-7-15)25(24-20)17-8-12-23-13-9-17/h2-7,10-11,17,23H,8-9,12-13H2,1H3. The number of hydrogen-bond acceptors (Lipinski definition) is 4. The van der Waals surface area contributed by atoms with Crippen LogP contribution in [0.25, 0.3) is 22.4 Å². The van der Waals surface area contributed by atoms with Crippen molar-refractivity contribution in [2.45, 2.75) is 18.9 Å². The number of nitrogens with zero attached hydrogens (tertiary/aromatic N) is 3. The number of aromatic nitrogens is 3. The van der Waals surface area contributed by atoms with Gasteiger partial charge in [0.1, 0.15) is 0 Å². The maximum Gasteiger partial charge on any atom is 0.241 e. The van der Waals surface area contributed by atoms with Crippen LogP contribution in [0.1, 0.15) is 18.9 Å². The van der Waals surface area contributed by atoms with E-state index in [2.05, 4.69) is 15.0 Å². The number of piperidine rings is 1. The van der Waals surface area contributed by atoms with Crippen LogP contribution in [-0.2, 0) is 0 Å². The minimum Gasteiger partial charge on any atom is -0.479 e. The summed E-state index contributed by atoms with van der Waals surface area (Å²) in [6.45, 7) is 2.00. The fourth-order valence-electron chi connectivity index (χ4n) is 3.54. The van der Waals surface area contributed by atoms with Crippen molar-refractivity contribution >= 4 is 11.6 Å². The van der Waals surface area contributed by atoms with E-state index in [9.17, 15) is 0 Å². The summed E-state index contributed by atoms with van der Waals surface area (Å²) in [5, 5.41) is 8.97. The van der Waals surface area contributed by atoms with Crippen LogP contribution in [0.3, 0.4) is 0 Å². The third kappa shape index (κ3) is 3.20. The van der Waals surface area contributed by atoms with Gasteiger partial charge < -0.3 is 10.1 Å². The number of hydrogen-bond donors (Lipinski definition) is 1. The molecule has 0 bridgehead atoms. The van der Waals surface area contributed by atoms with E-state index in [1.165, 1.54) is 0 Å². The summed E-state index contributed by atoms with van der Waals surface area (Å²) in [5.41, 5.74) is 4.19. The molecule has 0 atom stereocenters. The first-order valence-corrected chi connectivity index (χ1v) is 9.19. The highest BCUT2D eigenvalue weighted by Gasteiger charge is 2.26. The highest BCUT2D eigenvalue weighted by Crippen LogP contribution is 2.41. The van der Waals surface area contributed by atoms with E-state index >= 15 is 0 Å². The number of benzene rings is 1. The molecule has 134 valence electrons. The average molecular weight is 369 g/mol. The lowest BCUT2D eigenvalue weighted by Gasteiger charge is -2.25. The second-order valence-electron chi connectivity index (χ2n) is 6.40. The molecule has 3 aromatic rings. The molecule has 1 aliphatic heterocycles. The van der Waals surface area contributed by atoms with E-state index in [4.69, 9.17) is 21.4 Å². The summed E-state index contributed by atoms with van der Waals surface area (Å²) in [6, 6.07) is 12.2. The van der Waals surface area contributed by atoms with Gasteiger partial charge in [0.05, 0.1) is 24.4 Å². The Kier molecular flexibility index (Phi) is 4.91. The zero-order chi connectivity index (χ0) is 17.9. The van der Waals surface area contributed by atoms with Gasteiger partial charge in [-0.25, -0.2) is 0 Å². The van der Waals surface area contributed by atoms with Crippen LogP contribution in [-0.4, -0.2) is 35.0 Å². The van der Waals surface area contributed by atoms with E-state index in [1.807, 2.05) is 48.8 Å². The van der Waals surface area contributed by atoms with Crippen LogP contribution < -0.4 is 10.1 Å². The van der Waals surface area contributed by atoms with Gasteiger partial charge >= 0.3 is 0 Å². The predicted octanol–water partition coefficient (Wildman–Crippen LogP) is 4.20. The number of methoxy groups -OCH3 is 1. The quantitative estimate of drug-likeness (QED) is 0.749. The third-order valence-electron chi connectivity index (χ3n) is 4.81. The summed E-state index contributed by atoms with van der Waals surface area (Å²) >= 11 is 6.09. The zero-order valence-corrected chi connectivity index (χ0v) is 15.4. The maximum atomic E-state index is 6.09. The van der Waals surface area contributed by atoms with Crippen LogP contribution in [0, 0.1) is 0 Å². The highest BCUT2D eigenvalue weighted by molar-refractivity contribution is 6.30. The minimum absolute atomic E-state index is 0.342. The van der Waals surface area contributed by atoms with Gasteiger partial charge in [-0.1, -0.05) is 23.7 Å². The van der Waals surface area contributed by atoms with Crippen molar-refractivity contribution in [1.82, 2.24) is 20.1 Å². The van der Waals surface area contributed by atoms with E-state index in [0.717, 1.165) is 48.3 Å². The van der Waals surface area contributed by atoms with Crippen LogP contribution in [0.5, 0.6) is 5.88 Å². The van der Waals surface area contributed by atoms with Crippen molar-refractivity contribution in [3.8, 4) is 28.3 Å². The first-order chi connectivity index (χ1) is 12.8. The first kappa shape index (κ1) is 17.1. The van der Waals surface area contributed by atoms with Gasteiger partial charge in [0.15, 0.2) is 0 Å². The van der Waals surface area contributed by atoms with Gasteiger partial charge in [-0.05, 0) is 55.8 Å². The molecule has 0 spiro atoms. The van der Waals surface area contributed by atoms with E-state index in [-0.39, 0.29) is 0 Å². The van der Waals surface area contributed by atoms with Gasteiger partial charge in [-0.2, -0.15) is 0 Å². The van der Waals surface area contributed by atoms with Crippen LogP contribution in [0.15, 0.2) is 48.8 Å². The van der Waals surface area contributed by atoms with Crippen molar-refractivity contribution in [3.63, 3.8) is 0 Å². The van der Waals surface area contributed by atoms with Crippen molar-refractivity contribution in [2.24, 2.45) is 0 Å². The Balaban J connectivity index is 1.93. The van der Waals surface area contributed by atoms with Gasteiger partial charge in [-0.15, -0.1) is 5.10 Å². The molecular weight excluding hydrogens is 348 g/mol. The zero-order valence-electron chi connectivity index (χ0n) is 14.7. The van der Waals surface area contributed by atoms with Crippen molar-refractivity contribution < 1.29 is 4.74 Å².